The van der Waals surface area contributed by atoms with Gasteiger partial charge in [0.05, 0.1) is 6.10 Å². The third-order valence-corrected chi connectivity index (χ3v) is 2.27. The lowest BCUT2D eigenvalue weighted by Crippen LogP contribution is -2.37. The van der Waals surface area contributed by atoms with Crippen LogP contribution in [-0.4, -0.2) is 17.0 Å². The minimum absolute atomic E-state index is 0.118. The monoisotopic (exact) mass is 154 g/mol. The zero-order valence-corrected chi connectivity index (χ0v) is 7.16. The van der Waals surface area contributed by atoms with Crippen molar-refractivity contribution in [2.45, 2.75) is 26.9 Å². The van der Waals surface area contributed by atoms with E-state index in [1.54, 1.807) is 19.1 Å². The summed E-state index contributed by atoms with van der Waals surface area (Å²) in [6.45, 7) is 5.50. The van der Waals surface area contributed by atoms with E-state index in [2.05, 4.69) is 0 Å². The molecule has 0 bridgehead atoms. The molecule has 62 valence electrons. The summed E-state index contributed by atoms with van der Waals surface area (Å²) in [5.41, 5.74) is -0.390. The molecule has 0 radical (unpaired) electrons. The van der Waals surface area contributed by atoms with E-state index in [1.807, 2.05) is 13.8 Å². The van der Waals surface area contributed by atoms with E-state index >= 15 is 0 Å². The molecule has 11 heavy (non-hydrogen) atoms. The van der Waals surface area contributed by atoms with E-state index in [-0.39, 0.29) is 11.7 Å². The quantitative estimate of drug-likeness (QED) is 0.531. The van der Waals surface area contributed by atoms with Crippen molar-refractivity contribution in [2.75, 3.05) is 0 Å². The highest BCUT2D eigenvalue weighted by Gasteiger charge is 2.35. The Bertz CT molecular complexity index is 204. The van der Waals surface area contributed by atoms with Gasteiger partial charge in [-0.25, -0.2) is 0 Å². The third-order valence-electron chi connectivity index (χ3n) is 2.27. The molecule has 1 N–H and O–H groups in total. The second kappa shape index (κ2) is 2.45. The maximum Gasteiger partial charge on any atom is 0.147 e. The highest BCUT2D eigenvalue weighted by molar-refractivity contribution is 5.89. The summed E-state index contributed by atoms with van der Waals surface area (Å²) >= 11 is 0. The van der Waals surface area contributed by atoms with Crippen LogP contribution >= 0.6 is 0 Å². The Balaban J connectivity index is 2.95. The number of allylic oxidation sites excluding steroid dienone is 1. The van der Waals surface area contributed by atoms with Gasteiger partial charge in [-0.3, -0.25) is 4.79 Å². The van der Waals surface area contributed by atoms with Gasteiger partial charge in [-0.15, -0.1) is 0 Å². The fourth-order valence-corrected chi connectivity index (χ4v) is 1.33. The van der Waals surface area contributed by atoms with Crippen molar-refractivity contribution >= 4 is 5.78 Å². The molecule has 0 aromatic carbocycles. The standard InChI is InChI=1S/C9H14O2/c1-6-7(10)4-5-9(2,3)8(6)11/h4-7,10H,1-3H3. The van der Waals surface area contributed by atoms with E-state index in [9.17, 15) is 9.90 Å². The maximum atomic E-state index is 11.4. The molecule has 0 saturated carbocycles. The number of Topliss-reactive ketones (excluding diaryl/α,β-unsaturated/α-hetero) is 1. The summed E-state index contributed by atoms with van der Waals surface area (Å²) in [6.07, 6.45) is 2.89. The highest BCUT2D eigenvalue weighted by atomic mass is 16.3. The molecule has 0 aromatic rings. The van der Waals surface area contributed by atoms with Crippen LogP contribution < -0.4 is 0 Å². The summed E-state index contributed by atoms with van der Waals surface area (Å²) in [5, 5.41) is 9.27. The Morgan fingerprint density at radius 3 is 2.55 bits per heavy atom. The minimum atomic E-state index is -0.587. The van der Waals surface area contributed by atoms with Crippen molar-refractivity contribution in [2.24, 2.45) is 11.3 Å². The molecule has 0 amide bonds. The molecule has 1 aliphatic carbocycles. The summed E-state index contributed by atoms with van der Waals surface area (Å²) in [6, 6.07) is 0. The van der Waals surface area contributed by atoms with Crippen LogP contribution in [0.15, 0.2) is 12.2 Å². The summed E-state index contributed by atoms with van der Waals surface area (Å²) in [7, 11) is 0. The van der Waals surface area contributed by atoms with Crippen LogP contribution in [0, 0.1) is 11.3 Å². The first-order chi connectivity index (χ1) is 4.95. The number of hydrogen-bond acceptors (Lipinski definition) is 2. The van der Waals surface area contributed by atoms with Crippen molar-refractivity contribution in [1.82, 2.24) is 0 Å². The predicted molar refractivity (Wildman–Crippen MR) is 43.1 cm³/mol. The molecule has 1 aliphatic rings. The van der Waals surface area contributed by atoms with Gasteiger partial charge in [-0.2, -0.15) is 0 Å². The normalized spacial score (nSPS) is 35.8. The van der Waals surface area contributed by atoms with Gasteiger partial charge < -0.3 is 5.11 Å². The predicted octanol–water partition coefficient (Wildman–Crippen LogP) is 1.15. The van der Waals surface area contributed by atoms with E-state index < -0.39 is 11.5 Å². The van der Waals surface area contributed by atoms with E-state index in [0.29, 0.717) is 0 Å². The lowest BCUT2D eigenvalue weighted by atomic mass is 9.75. The van der Waals surface area contributed by atoms with Gasteiger partial charge in [-0.1, -0.05) is 19.1 Å². The Kier molecular flexibility index (Phi) is 1.89. The molecule has 1 rings (SSSR count). The summed E-state index contributed by atoms with van der Waals surface area (Å²) < 4.78 is 0. The number of carbonyl (C=O) groups excluding carboxylic acids is 1. The van der Waals surface area contributed by atoms with Gasteiger partial charge in [0.1, 0.15) is 5.78 Å². The van der Waals surface area contributed by atoms with Crippen molar-refractivity contribution in [3.05, 3.63) is 12.2 Å². The number of rotatable bonds is 0. The molecule has 2 unspecified atom stereocenters. The molecule has 0 aromatic heterocycles. The van der Waals surface area contributed by atoms with Gasteiger partial charge in [-0.05, 0) is 13.8 Å². The number of ketones is 1. The molecule has 0 saturated heterocycles. The van der Waals surface area contributed by atoms with Crippen LogP contribution in [0.3, 0.4) is 0 Å². The average molecular weight is 154 g/mol. The minimum Gasteiger partial charge on any atom is -0.388 e. The number of aliphatic hydroxyl groups is 1. The van der Waals surface area contributed by atoms with Crippen LogP contribution in [0.4, 0.5) is 0 Å². The van der Waals surface area contributed by atoms with Crippen molar-refractivity contribution in [1.29, 1.82) is 0 Å². The first-order valence-corrected chi connectivity index (χ1v) is 3.87. The molecular formula is C9H14O2. The molecule has 0 heterocycles. The van der Waals surface area contributed by atoms with Gasteiger partial charge in [0.25, 0.3) is 0 Å². The van der Waals surface area contributed by atoms with Crippen LogP contribution in [0.5, 0.6) is 0 Å². The van der Waals surface area contributed by atoms with Crippen molar-refractivity contribution in [3.63, 3.8) is 0 Å². The Morgan fingerprint density at radius 2 is 2.09 bits per heavy atom. The van der Waals surface area contributed by atoms with E-state index in [1.165, 1.54) is 0 Å². The maximum absolute atomic E-state index is 11.4. The Hall–Kier alpha value is -0.630. The number of hydrogen-bond donors (Lipinski definition) is 1. The fraction of sp³-hybridized carbons (Fsp3) is 0.667. The van der Waals surface area contributed by atoms with Crippen LogP contribution in [-0.2, 0) is 4.79 Å². The molecule has 0 spiro atoms. The SMILES string of the molecule is CC1C(=O)C(C)(C)C=CC1O. The van der Waals surface area contributed by atoms with E-state index in [4.69, 9.17) is 0 Å². The molecule has 0 aliphatic heterocycles. The van der Waals surface area contributed by atoms with Crippen LogP contribution in [0.1, 0.15) is 20.8 Å². The van der Waals surface area contributed by atoms with Gasteiger partial charge in [0, 0.05) is 11.3 Å². The first-order valence-electron chi connectivity index (χ1n) is 3.87. The van der Waals surface area contributed by atoms with Crippen molar-refractivity contribution < 1.29 is 9.90 Å². The molecule has 2 nitrogen and oxygen atoms in total. The molecular weight excluding hydrogens is 140 g/mol. The molecule has 0 fully saturated rings. The Labute approximate surface area is 66.9 Å². The zero-order valence-electron chi connectivity index (χ0n) is 7.16. The van der Waals surface area contributed by atoms with Gasteiger partial charge >= 0.3 is 0 Å². The van der Waals surface area contributed by atoms with Crippen LogP contribution in [0.2, 0.25) is 0 Å². The number of carbonyl (C=O) groups is 1. The van der Waals surface area contributed by atoms with E-state index in [0.717, 1.165) is 0 Å². The summed E-state index contributed by atoms with van der Waals surface area (Å²) in [4.78, 5) is 11.4. The lowest BCUT2D eigenvalue weighted by molar-refractivity contribution is -0.131. The molecule has 2 atom stereocenters. The summed E-state index contributed by atoms with van der Waals surface area (Å²) in [5.74, 6) is -0.137. The van der Waals surface area contributed by atoms with Gasteiger partial charge in [0.2, 0.25) is 0 Å². The second-order valence-electron chi connectivity index (χ2n) is 3.72. The average Bonchev–Trinajstić information content (AvgIpc) is 1.95. The number of aliphatic hydroxyl groups excluding tert-OH is 1. The smallest absolute Gasteiger partial charge is 0.147 e. The first kappa shape index (κ1) is 8.47. The third kappa shape index (κ3) is 1.36. The fourth-order valence-electron chi connectivity index (χ4n) is 1.33. The highest BCUT2D eigenvalue weighted by Crippen LogP contribution is 2.29. The van der Waals surface area contributed by atoms with Gasteiger partial charge in [0.15, 0.2) is 0 Å². The zero-order chi connectivity index (χ0) is 8.65. The second-order valence-corrected chi connectivity index (χ2v) is 3.72. The lowest BCUT2D eigenvalue weighted by Gasteiger charge is -2.29. The topological polar surface area (TPSA) is 37.3 Å². The Morgan fingerprint density at radius 1 is 1.55 bits per heavy atom. The van der Waals surface area contributed by atoms with Crippen molar-refractivity contribution in [3.8, 4) is 0 Å². The largest absolute Gasteiger partial charge is 0.388 e. The molecule has 2 heteroatoms. The van der Waals surface area contributed by atoms with Crippen LogP contribution in [0.25, 0.3) is 0 Å².